The van der Waals surface area contributed by atoms with Crippen molar-refractivity contribution in [3.05, 3.63) is 22.5 Å². The van der Waals surface area contributed by atoms with Crippen molar-refractivity contribution < 1.29 is 9.53 Å². The van der Waals surface area contributed by atoms with Gasteiger partial charge in [0.15, 0.2) is 0 Å². The molecule has 1 aromatic heterocycles. The summed E-state index contributed by atoms with van der Waals surface area (Å²) in [7, 11) is 0. The molecule has 102 valence electrons. The van der Waals surface area contributed by atoms with Crippen LogP contribution in [0.1, 0.15) is 55.0 Å². The van der Waals surface area contributed by atoms with E-state index in [-0.39, 0.29) is 11.5 Å². The van der Waals surface area contributed by atoms with E-state index in [1.807, 2.05) is 20.8 Å². The first-order valence-electron chi connectivity index (χ1n) is 6.36. The second kappa shape index (κ2) is 5.57. The van der Waals surface area contributed by atoms with Crippen molar-refractivity contribution in [3.8, 4) is 0 Å². The number of nitrogens with one attached hydrogen (secondary N) is 2. The first-order valence-corrected chi connectivity index (χ1v) is 6.36. The van der Waals surface area contributed by atoms with Crippen LogP contribution in [0.4, 0.5) is 0 Å². The summed E-state index contributed by atoms with van der Waals surface area (Å²) in [5.74, 6) is -0.245. The molecule has 0 unspecified atom stereocenters. The van der Waals surface area contributed by atoms with Crippen molar-refractivity contribution in [1.82, 2.24) is 10.3 Å². The Bertz CT molecular complexity index is 428. The van der Waals surface area contributed by atoms with Gasteiger partial charge in [-0.1, -0.05) is 0 Å². The Morgan fingerprint density at radius 1 is 1.33 bits per heavy atom. The summed E-state index contributed by atoms with van der Waals surface area (Å²) in [5.41, 5.74) is 3.61. The molecule has 0 aliphatic heterocycles. The van der Waals surface area contributed by atoms with Gasteiger partial charge in [0, 0.05) is 23.5 Å². The third kappa shape index (κ3) is 3.60. The van der Waals surface area contributed by atoms with Crippen molar-refractivity contribution in [2.75, 3.05) is 6.61 Å². The number of esters is 1. The number of H-pyrrole nitrogens is 1. The first-order chi connectivity index (χ1) is 8.26. The Kier molecular flexibility index (Phi) is 4.57. The van der Waals surface area contributed by atoms with Gasteiger partial charge in [-0.2, -0.15) is 0 Å². The molecule has 0 atom stereocenters. The van der Waals surface area contributed by atoms with E-state index in [0.717, 1.165) is 23.5 Å². The summed E-state index contributed by atoms with van der Waals surface area (Å²) in [6.07, 6.45) is 0. The third-order valence-electron chi connectivity index (χ3n) is 2.82. The normalized spacial score (nSPS) is 11.7. The molecule has 1 rings (SSSR count). The molecule has 0 amide bonds. The lowest BCUT2D eigenvalue weighted by molar-refractivity contribution is 0.0525. The molecule has 4 heteroatoms. The molecule has 4 nitrogen and oxygen atoms in total. The van der Waals surface area contributed by atoms with Gasteiger partial charge in [-0.25, -0.2) is 4.79 Å². The van der Waals surface area contributed by atoms with E-state index in [1.165, 1.54) is 0 Å². The lowest BCUT2D eigenvalue weighted by atomic mass is 10.1. The molecule has 1 heterocycles. The lowest BCUT2D eigenvalue weighted by Crippen LogP contribution is -2.35. The fourth-order valence-corrected chi connectivity index (χ4v) is 1.85. The Morgan fingerprint density at radius 3 is 2.44 bits per heavy atom. The molecule has 2 N–H and O–H groups in total. The van der Waals surface area contributed by atoms with Crippen molar-refractivity contribution in [2.24, 2.45) is 0 Å². The highest BCUT2D eigenvalue weighted by Crippen LogP contribution is 2.19. The molecule has 0 saturated heterocycles. The zero-order valence-corrected chi connectivity index (χ0v) is 12.2. The van der Waals surface area contributed by atoms with Crippen LogP contribution in [0.5, 0.6) is 0 Å². The van der Waals surface area contributed by atoms with Gasteiger partial charge in [-0.3, -0.25) is 0 Å². The summed E-state index contributed by atoms with van der Waals surface area (Å²) < 4.78 is 5.07. The number of aryl methyl sites for hydroxylation is 1. The third-order valence-corrected chi connectivity index (χ3v) is 2.82. The summed E-state index contributed by atoms with van der Waals surface area (Å²) in [4.78, 5) is 15.1. The number of aromatic amines is 1. The number of rotatable bonds is 4. The van der Waals surface area contributed by atoms with E-state index in [1.54, 1.807) is 0 Å². The average Bonchev–Trinajstić information content (AvgIpc) is 2.50. The van der Waals surface area contributed by atoms with Crippen LogP contribution in [0, 0.1) is 13.8 Å². The Balaban J connectivity index is 2.90. The maximum Gasteiger partial charge on any atom is 0.340 e. The number of carbonyl (C=O) groups is 1. The summed E-state index contributed by atoms with van der Waals surface area (Å²) in [6, 6.07) is 0. The fraction of sp³-hybridized carbons (Fsp3) is 0.643. The molecule has 0 spiro atoms. The minimum Gasteiger partial charge on any atom is -0.462 e. The minimum atomic E-state index is -0.245. The van der Waals surface area contributed by atoms with Crippen LogP contribution in [-0.2, 0) is 11.3 Å². The molecule has 1 aromatic rings. The van der Waals surface area contributed by atoms with E-state index < -0.39 is 0 Å². The number of aromatic nitrogens is 1. The second-order valence-electron chi connectivity index (χ2n) is 5.55. The van der Waals surface area contributed by atoms with Crippen molar-refractivity contribution in [1.29, 1.82) is 0 Å². The van der Waals surface area contributed by atoms with E-state index in [9.17, 15) is 4.79 Å². The van der Waals surface area contributed by atoms with Gasteiger partial charge >= 0.3 is 5.97 Å². The monoisotopic (exact) mass is 252 g/mol. The molecule has 0 saturated carbocycles. The molecule has 0 fully saturated rings. The zero-order chi connectivity index (χ0) is 13.9. The average molecular weight is 252 g/mol. The predicted molar refractivity (Wildman–Crippen MR) is 72.8 cm³/mol. The van der Waals surface area contributed by atoms with Gasteiger partial charge in [0.05, 0.1) is 12.2 Å². The summed E-state index contributed by atoms with van der Waals surface area (Å²) in [6.45, 7) is 13.1. The highest BCUT2D eigenvalue weighted by atomic mass is 16.5. The summed E-state index contributed by atoms with van der Waals surface area (Å²) in [5, 5.41) is 3.41. The SMILES string of the molecule is CCOC(=O)c1c(C)[nH]c(CNC(C)(C)C)c1C. The number of hydrogen-bond donors (Lipinski definition) is 2. The smallest absolute Gasteiger partial charge is 0.340 e. The minimum absolute atomic E-state index is 0.0511. The van der Waals surface area contributed by atoms with Crippen molar-refractivity contribution >= 4 is 5.97 Å². The number of carbonyl (C=O) groups excluding carboxylic acids is 1. The van der Waals surface area contributed by atoms with Crippen LogP contribution in [-0.4, -0.2) is 23.1 Å². The van der Waals surface area contributed by atoms with E-state index >= 15 is 0 Å². The molecule has 0 aliphatic rings. The van der Waals surface area contributed by atoms with E-state index in [0.29, 0.717) is 12.2 Å². The highest BCUT2D eigenvalue weighted by Gasteiger charge is 2.19. The molecule has 0 radical (unpaired) electrons. The maximum absolute atomic E-state index is 11.8. The van der Waals surface area contributed by atoms with Crippen molar-refractivity contribution in [2.45, 2.75) is 53.6 Å². The molecular weight excluding hydrogens is 228 g/mol. The van der Waals surface area contributed by atoms with Gasteiger partial charge < -0.3 is 15.0 Å². The standard InChI is InChI=1S/C14H24N2O2/c1-7-18-13(17)12-9(2)11(16-10(12)3)8-15-14(4,5)6/h15-16H,7-8H2,1-6H3. The van der Waals surface area contributed by atoms with Crippen LogP contribution in [0.3, 0.4) is 0 Å². The van der Waals surface area contributed by atoms with Gasteiger partial charge in [-0.05, 0) is 47.1 Å². The van der Waals surface area contributed by atoms with Gasteiger partial charge in [-0.15, -0.1) is 0 Å². The highest BCUT2D eigenvalue weighted by molar-refractivity contribution is 5.92. The topological polar surface area (TPSA) is 54.1 Å². The Morgan fingerprint density at radius 2 is 1.94 bits per heavy atom. The van der Waals surface area contributed by atoms with Gasteiger partial charge in [0.2, 0.25) is 0 Å². The number of hydrogen-bond acceptors (Lipinski definition) is 3. The molecule has 0 aliphatic carbocycles. The van der Waals surface area contributed by atoms with Crippen LogP contribution >= 0.6 is 0 Å². The van der Waals surface area contributed by atoms with Crippen molar-refractivity contribution in [3.63, 3.8) is 0 Å². The van der Waals surface area contributed by atoms with E-state index in [4.69, 9.17) is 4.74 Å². The Hall–Kier alpha value is -1.29. The van der Waals surface area contributed by atoms with Crippen LogP contribution in [0.15, 0.2) is 0 Å². The second-order valence-corrected chi connectivity index (χ2v) is 5.55. The predicted octanol–water partition coefficient (Wildman–Crippen LogP) is 2.70. The summed E-state index contributed by atoms with van der Waals surface area (Å²) >= 11 is 0. The lowest BCUT2D eigenvalue weighted by Gasteiger charge is -2.20. The fourth-order valence-electron chi connectivity index (χ4n) is 1.85. The van der Waals surface area contributed by atoms with Crippen LogP contribution < -0.4 is 5.32 Å². The largest absolute Gasteiger partial charge is 0.462 e. The van der Waals surface area contributed by atoms with Crippen LogP contribution in [0.2, 0.25) is 0 Å². The molecule has 0 aromatic carbocycles. The molecular formula is C14H24N2O2. The van der Waals surface area contributed by atoms with Crippen LogP contribution in [0.25, 0.3) is 0 Å². The van der Waals surface area contributed by atoms with Gasteiger partial charge in [0.1, 0.15) is 0 Å². The zero-order valence-electron chi connectivity index (χ0n) is 12.2. The van der Waals surface area contributed by atoms with E-state index in [2.05, 4.69) is 31.1 Å². The maximum atomic E-state index is 11.8. The number of ether oxygens (including phenoxy) is 1. The molecule has 0 bridgehead atoms. The van der Waals surface area contributed by atoms with Gasteiger partial charge in [0.25, 0.3) is 0 Å². The molecule has 18 heavy (non-hydrogen) atoms. The quantitative estimate of drug-likeness (QED) is 0.810. The first kappa shape index (κ1) is 14.8. The Labute approximate surface area is 109 Å².